The van der Waals surface area contributed by atoms with Crippen LogP contribution in [0, 0.1) is 0 Å². The molecular formula is C41H32N2. The van der Waals surface area contributed by atoms with Gasteiger partial charge in [0.15, 0.2) is 0 Å². The first-order valence-corrected chi connectivity index (χ1v) is 14.8. The van der Waals surface area contributed by atoms with Crippen LogP contribution < -0.4 is 0 Å². The van der Waals surface area contributed by atoms with Crippen LogP contribution in [0.1, 0.15) is 39.9 Å². The second kappa shape index (κ2) is 12.2. The number of hydrogen-bond acceptors (Lipinski definition) is 1. The van der Waals surface area contributed by atoms with Gasteiger partial charge >= 0.3 is 0 Å². The molecule has 1 aromatic heterocycles. The number of nitrogens with zero attached hydrogens (tertiary/aromatic N) is 2. The molecule has 0 saturated heterocycles. The lowest BCUT2D eigenvalue weighted by molar-refractivity contribution is 0.676. The Hall–Kier alpha value is -5.47. The van der Waals surface area contributed by atoms with Crippen molar-refractivity contribution in [3.63, 3.8) is 0 Å². The fourth-order valence-corrected chi connectivity index (χ4v) is 5.98. The topological polar surface area (TPSA) is 17.8 Å². The average molecular weight is 553 g/mol. The summed E-state index contributed by atoms with van der Waals surface area (Å²) in [5.41, 5.74) is 10.8. The number of aromatic nitrogens is 2. The highest BCUT2D eigenvalue weighted by Crippen LogP contribution is 2.35. The van der Waals surface area contributed by atoms with Gasteiger partial charge in [-0.05, 0) is 44.5 Å². The molecular weight excluding hydrogens is 520 g/mol. The van der Waals surface area contributed by atoms with E-state index in [0.717, 1.165) is 5.69 Å². The zero-order valence-electron chi connectivity index (χ0n) is 23.9. The predicted molar refractivity (Wildman–Crippen MR) is 177 cm³/mol. The van der Waals surface area contributed by atoms with Crippen LogP contribution in [0.4, 0.5) is 0 Å². The van der Waals surface area contributed by atoms with Gasteiger partial charge in [-0.1, -0.05) is 170 Å². The maximum atomic E-state index is 5.05. The van der Waals surface area contributed by atoms with Crippen molar-refractivity contribution < 1.29 is 0 Å². The summed E-state index contributed by atoms with van der Waals surface area (Å²) >= 11 is 0. The van der Waals surface area contributed by atoms with Crippen LogP contribution in [0.2, 0.25) is 0 Å². The molecule has 7 aromatic rings. The molecule has 0 radical (unpaired) electrons. The van der Waals surface area contributed by atoms with E-state index in [1.807, 2.05) is 6.33 Å². The first-order valence-electron chi connectivity index (χ1n) is 14.8. The fourth-order valence-electron chi connectivity index (χ4n) is 5.98. The van der Waals surface area contributed by atoms with E-state index in [2.05, 4.69) is 181 Å². The SMILES string of the molecule is c1ccc(-c2ccc(C(c3ccccc3)c3cn(C(c4ccccc4)c4ccc(-c5ccccc5)cc4)cn3)cc2)cc1. The van der Waals surface area contributed by atoms with Crippen LogP contribution in [0.25, 0.3) is 22.3 Å². The lowest BCUT2D eigenvalue weighted by atomic mass is 9.88. The van der Waals surface area contributed by atoms with Crippen LogP contribution in [0.15, 0.2) is 182 Å². The van der Waals surface area contributed by atoms with E-state index >= 15 is 0 Å². The average Bonchev–Trinajstić information content (AvgIpc) is 3.56. The summed E-state index contributed by atoms with van der Waals surface area (Å²) in [7, 11) is 0. The minimum atomic E-state index is 0.00385. The van der Waals surface area contributed by atoms with Gasteiger partial charge < -0.3 is 4.57 Å². The van der Waals surface area contributed by atoms with Crippen LogP contribution in [-0.4, -0.2) is 9.55 Å². The Kier molecular flexibility index (Phi) is 7.49. The smallest absolute Gasteiger partial charge is 0.0958 e. The molecule has 7 rings (SSSR count). The fraction of sp³-hybridized carbons (Fsp3) is 0.0488. The predicted octanol–water partition coefficient (Wildman–Crippen LogP) is 10.0. The molecule has 0 fully saturated rings. The summed E-state index contributed by atoms with van der Waals surface area (Å²) < 4.78 is 2.26. The quantitative estimate of drug-likeness (QED) is 0.183. The van der Waals surface area contributed by atoms with Gasteiger partial charge in [0.25, 0.3) is 0 Å². The molecule has 43 heavy (non-hydrogen) atoms. The molecule has 2 atom stereocenters. The highest BCUT2D eigenvalue weighted by molar-refractivity contribution is 5.65. The standard InChI is InChI=1S/C41H32N2/c1-5-13-31(14-6-1)33-21-25-36(26-22-33)40(35-17-9-3-10-18-35)39-29-43(30-42-39)41(37-19-11-4-12-20-37)38-27-23-34(24-28-38)32-15-7-2-8-16-32/h1-30,40-41H. The number of hydrogen-bond donors (Lipinski definition) is 0. The summed E-state index contributed by atoms with van der Waals surface area (Å²) in [6, 6.07) is 60.3. The molecule has 2 unspecified atom stereocenters. The monoisotopic (exact) mass is 552 g/mol. The van der Waals surface area contributed by atoms with Crippen molar-refractivity contribution >= 4 is 0 Å². The number of imidazole rings is 1. The van der Waals surface area contributed by atoms with Crippen molar-refractivity contribution in [2.45, 2.75) is 12.0 Å². The Morgan fingerprint density at radius 3 is 1.26 bits per heavy atom. The molecule has 0 N–H and O–H groups in total. The Labute approximate surface area is 253 Å². The van der Waals surface area contributed by atoms with E-state index in [4.69, 9.17) is 4.98 Å². The second-order valence-electron chi connectivity index (χ2n) is 10.9. The van der Waals surface area contributed by atoms with Crippen LogP contribution in [-0.2, 0) is 0 Å². The number of benzene rings is 6. The minimum absolute atomic E-state index is 0.00385. The van der Waals surface area contributed by atoms with E-state index in [0.29, 0.717) is 0 Å². The van der Waals surface area contributed by atoms with E-state index in [1.165, 1.54) is 44.5 Å². The van der Waals surface area contributed by atoms with Gasteiger partial charge in [0.1, 0.15) is 0 Å². The van der Waals surface area contributed by atoms with Gasteiger partial charge in [-0.15, -0.1) is 0 Å². The van der Waals surface area contributed by atoms with Crippen molar-refractivity contribution in [3.8, 4) is 22.3 Å². The van der Waals surface area contributed by atoms with E-state index in [-0.39, 0.29) is 12.0 Å². The molecule has 0 spiro atoms. The van der Waals surface area contributed by atoms with Crippen molar-refractivity contribution in [2.75, 3.05) is 0 Å². The number of rotatable bonds is 8. The van der Waals surface area contributed by atoms with Crippen LogP contribution >= 0.6 is 0 Å². The Morgan fingerprint density at radius 1 is 0.372 bits per heavy atom. The normalized spacial score (nSPS) is 12.5. The summed E-state index contributed by atoms with van der Waals surface area (Å²) in [6.07, 6.45) is 4.22. The molecule has 2 heteroatoms. The molecule has 0 aliphatic rings. The molecule has 2 nitrogen and oxygen atoms in total. The second-order valence-corrected chi connectivity index (χ2v) is 10.9. The Bertz CT molecular complexity index is 1730. The highest BCUT2D eigenvalue weighted by atomic mass is 15.1. The summed E-state index contributed by atoms with van der Waals surface area (Å²) in [6.45, 7) is 0. The molecule has 0 aliphatic heterocycles. The van der Waals surface area contributed by atoms with E-state index in [1.54, 1.807) is 0 Å². The third kappa shape index (κ3) is 5.68. The van der Waals surface area contributed by atoms with Gasteiger partial charge in [0.05, 0.1) is 24.0 Å². The summed E-state index contributed by atoms with van der Waals surface area (Å²) in [4.78, 5) is 5.05. The zero-order chi connectivity index (χ0) is 28.8. The van der Waals surface area contributed by atoms with Crippen LogP contribution in [0.3, 0.4) is 0 Å². The van der Waals surface area contributed by atoms with Crippen molar-refractivity contribution in [1.29, 1.82) is 0 Å². The molecule has 0 saturated carbocycles. The Balaban J connectivity index is 1.27. The van der Waals surface area contributed by atoms with Gasteiger partial charge in [0, 0.05) is 6.20 Å². The van der Waals surface area contributed by atoms with Crippen molar-refractivity contribution in [1.82, 2.24) is 9.55 Å². The largest absolute Gasteiger partial charge is 0.326 e. The van der Waals surface area contributed by atoms with Crippen molar-refractivity contribution in [2.24, 2.45) is 0 Å². The molecule has 0 aliphatic carbocycles. The minimum Gasteiger partial charge on any atom is -0.326 e. The van der Waals surface area contributed by atoms with Gasteiger partial charge in [0.2, 0.25) is 0 Å². The van der Waals surface area contributed by atoms with Crippen molar-refractivity contribution in [3.05, 3.63) is 210 Å². The zero-order valence-corrected chi connectivity index (χ0v) is 23.9. The van der Waals surface area contributed by atoms with Gasteiger partial charge in [-0.3, -0.25) is 0 Å². The lowest BCUT2D eigenvalue weighted by Gasteiger charge is -2.21. The van der Waals surface area contributed by atoms with E-state index < -0.39 is 0 Å². The van der Waals surface area contributed by atoms with Crippen LogP contribution in [0.5, 0.6) is 0 Å². The molecule has 1 heterocycles. The molecule has 6 aromatic carbocycles. The first kappa shape index (κ1) is 26.4. The molecule has 0 bridgehead atoms. The third-order valence-electron chi connectivity index (χ3n) is 8.15. The molecule has 206 valence electrons. The summed E-state index contributed by atoms with van der Waals surface area (Å²) in [5, 5.41) is 0. The maximum Gasteiger partial charge on any atom is 0.0958 e. The maximum absolute atomic E-state index is 5.05. The lowest BCUT2D eigenvalue weighted by Crippen LogP contribution is -2.11. The first-order chi connectivity index (χ1) is 21.3. The van der Waals surface area contributed by atoms with Gasteiger partial charge in [-0.2, -0.15) is 0 Å². The molecule has 0 amide bonds. The highest BCUT2D eigenvalue weighted by Gasteiger charge is 2.23. The van der Waals surface area contributed by atoms with Gasteiger partial charge in [-0.25, -0.2) is 4.98 Å². The van der Waals surface area contributed by atoms with E-state index in [9.17, 15) is 0 Å². The summed E-state index contributed by atoms with van der Waals surface area (Å²) in [5.74, 6) is 0.0177. The Morgan fingerprint density at radius 2 is 0.744 bits per heavy atom. The third-order valence-corrected chi connectivity index (χ3v) is 8.15.